The number of nitrogens with one attached hydrogen (secondary N) is 1. The summed E-state index contributed by atoms with van der Waals surface area (Å²) in [6.07, 6.45) is 8.34. The molecule has 0 bridgehead atoms. The SMILES string of the molecule is CCC(C)(C)COC(CCCCNC(C)C)C1CC1. The molecule has 1 aliphatic carbocycles. The summed E-state index contributed by atoms with van der Waals surface area (Å²) < 4.78 is 6.23. The summed E-state index contributed by atoms with van der Waals surface area (Å²) in [5.41, 5.74) is 0.340. The predicted octanol–water partition coefficient (Wildman–Crippen LogP) is 4.39. The van der Waals surface area contributed by atoms with Crippen molar-refractivity contribution in [3.8, 4) is 0 Å². The monoisotopic (exact) mass is 269 g/mol. The van der Waals surface area contributed by atoms with E-state index in [0.29, 0.717) is 17.6 Å². The smallest absolute Gasteiger partial charge is 0.0603 e. The number of hydrogen-bond acceptors (Lipinski definition) is 2. The van der Waals surface area contributed by atoms with E-state index < -0.39 is 0 Å². The van der Waals surface area contributed by atoms with E-state index in [2.05, 4.69) is 39.9 Å². The van der Waals surface area contributed by atoms with Crippen LogP contribution in [0.3, 0.4) is 0 Å². The number of ether oxygens (including phenoxy) is 1. The maximum absolute atomic E-state index is 6.23. The van der Waals surface area contributed by atoms with Crippen molar-refractivity contribution in [1.29, 1.82) is 0 Å². The molecule has 1 fully saturated rings. The predicted molar refractivity (Wildman–Crippen MR) is 83.5 cm³/mol. The zero-order chi connectivity index (χ0) is 14.3. The van der Waals surface area contributed by atoms with Crippen LogP contribution in [-0.2, 0) is 4.74 Å². The molecule has 1 aliphatic rings. The van der Waals surface area contributed by atoms with Crippen molar-refractivity contribution in [3.05, 3.63) is 0 Å². The average Bonchev–Trinajstić information content (AvgIpc) is 3.16. The molecule has 2 heteroatoms. The molecule has 2 nitrogen and oxygen atoms in total. The van der Waals surface area contributed by atoms with E-state index in [4.69, 9.17) is 4.74 Å². The van der Waals surface area contributed by atoms with Gasteiger partial charge in [0.25, 0.3) is 0 Å². The van der Waals surface area contributed by atoms with Crippen molar-refractivity contribution in [2.75, 3.05) is 13.2 Å². The molecular weight excluding hydrogens is 234 g/mol. The summed E-state index contributed by atoms with van der Waals surface area (Å²) in [5.74, 6) is 0.866. The molecule has 0 aromatic carbocycles. The van der Waals surface area contributed by atoms with Gasteiger partial charge in [-0.2, -0.15) is 0 Å². The Morgan fingerprint density at radius 2 is 1.89 bits per heavy atom. The normalized spacial score (nSPS) is 18.0. The van der Waals surface area contributed by atoms with Gasteiger partial charge in [0.2, 0.25) is 0 Å². The van der Waals surface area contributed by atoms with Gasteiger partial charge in [0.1, 0.15) is 0 Å². The van der Waals surface area contributed by atoms with Crippen molar-refractivity contribution in [2.45, 2.75) is 85.3 Å². The molecule has 0 saturated heterocycles. The van der Waals surface area contributed by atoms with Gasteiger partial charge >= 0.3 is 0 Å². The third kappa shape index (κ3) is 7.94. The summed E-state index contributed by atoms with van der Waals surface area (Å²) in [5, 5.41) is 3.49. The van der Waals surface area contributed by atoms with Crippen molar-refractivity contribution >= 4 is 0 Å². The molecule has 1 saturated carbocycles. The lowest BCUT2D eigenvalue weighted by Gasteiger charge is -2.26. The summed E-state index contributed by atoms with van der Waals surface area (Å²) in [4.78, 5) is 0. The molecule has 0 aromatic heterocycles. The Balaban J connectivity index is 2.15. The molecule has 0 spiro atoms. The van der Waals surface area contributed by atoms with E-state index in [1.807, 2.05) is 0 Å². The van der Waals surface area contributed by atoms with Crippen molar-refractivity contribution in [1.82, 2.24) is 5.32 Å². The Bertz CT molecular complexity index is 233. The lowest BCUT2D eigenvalue weighted by molar-refractivity contribution is -0.0148. The Labute approximate surface area is 120 Å². The minimum Gasteiger partial charge on any atom is -0.377 e. The lowest BCUT2D eigenvalue weighted by Crippen LogP contribution is -2.26. The second-order valence-corrected chi connectivity index (χ2v) is 7.31. The van der Waals surface area contributed by atoms with Gasteiger partial charge in [0.05, 0.1) is 12.7 Å². The number of hydrogen-bond donors (Lipinski definition) is 1. The molecule has 0 heterocycles. The van der Waals surface area contributed by atoms with E-state index >= 15 is 0 Å². The fourth-order valence-corrected chi connectivity index (χ4v) is 2.22. The zero-order valence-corrected chi connectivity index (χ0v) is 13.8. The van der Waals surface area contributed by atoms with Crippen molar-refractivity contribution in [2.24, 2.45) is 11.3 Å². The highest BCUT2D eigenvalue weighted by Crippen LogP contribution is 2.37. The Morgan fingerprint density at radius 3 is 2.42 bits per heavy atom. The molecule has 0 aliphatic heterocycles. The van der Waals surface area contributed by atoms with E-state index in [-0.39, 0.29) is 0 Å². The summed E-state index contributed by atoms with van der Waals surface area (Å²) in [6, 6.07) is 0.612. The van der Waals surface area contributed by atoms with Gasteiger partial charge in [-0.1, -0.05) is 34.6 Å². The fraction of sp³-hybridized carbons (Fsp3) is 1.00. The van der Waals surface area contributed by atoms with Gasteiger partial charge in [-0.25, -0.2) is 0 Å². The first kappa shape index (κ1) is 17.0. The van der Waals surface area contributed by atoms with Gasteiger partial charge in [-0.3, -0.25) is 0 Å². The highest BCUT2D eigenvalue weighted by atomic mass is 16.5. The van der Waals surface area contributed by atoms with Gasteiger partial charge in [-0.05, 0) is 56.4 Å². The zero-order valence-electron chi connectivity index (χ0n) is 13.8. The molecule has 0 amide bonds. The van der Waals surface area contributed by atoms with E-state index in [0.717, 1.165) is 19.1 Å². The second-order valence-electron chi connectivity index (χ2n) is 7.31. The number of rotatable bonds is 11. The van der Waals surface area contributed by atoms with Crippen LogP contribution >= 0.6 is 0 Å². The van der Waals surface area contributed by atoms with Crippen LogP contribution in [0.15, 0.2) is 0 Å². The van der Waals surface area contributed by atoms with Crippen LogP contribution in [0, 0.1) is 11.3 Å². The summed E-state index contributed by atoms with van der Waals surface area (Å²) >= 11 is 0. The minimum absolute atomic E-state index is 0.340. The molecule has 1 N–H and O–H groups in total. The first-order valence-electron chi connectivity index (χ1n) is 8.29. The minimum atomic E-state index is 0.340. The first-order chi connectivity index (χ1) is 8.94. The quantitative estimate of drug-likeness (QED) is 0.562. The molecule has 0 radical (unpaired) electrons. The third-order valence-electron chi connectivity index (χ3n) is 4.26. The third-order valence-corrected chi connectivity index (χ3v) is 4.26. The first-order valence-corrected chi connectivity index (χ1v) is 8.29. The van der Waals surface area contributed by atoms with Gasteiger partial charge in [-0.15, -0.1) is 0 Å². The molecule has 0 aromatic rings. The highest BCUT2D eigenvalue weighted by molar-refractivity contribution is 4.83. The van der Waals surface area contributed by atoms with Crippen LogP contribution in [-0.4, -0.2) is 25.3 Å². The Morgan fingerprint density at radius 1 is 1.21 bits per heavy atom. The van der Waals surface area contributed by atoms with Gasteiger partial charge in [0.15, 0.2) is 0 Å². The van der Waals surface area contributed by atoms with Crippen molar-refractivity contribution in [3.63, 3.8) is 0 Å². The number of unbranched alkanes of at least 4 members (excludes halogenated alkanes) is 1. The molecule has 114 valence electrons. The molecule has 1 unspecified atom stereocenters. The molecule has 1 atom stereocenters. The van der Waals surface area contributed by atoms with Gasteiger partial charge in [0, 0.05) is 6.04 Å². The van der Waals surface area contributed by atoms with Crippen LogP contribution in [0.2, 0.25) is 0 Å². The van der Waals surface area contributed by atoms with E-state index in [9.17, 15) is 0 Å². The van der Waals surface area contributed by atoms with Crippen molar-refractivity contribution < 1.29 is 4.74 Å². The van der Waals surface area contributed by atoms with Crippen LogP contribution in [0.4, 0.5) is 0 Å². The molecule has 19 heavy (non-hydrogen) atoms. The molecule has 1 rings (SSSR count). The van der Waals surface area contributed by atoms with Crippen LogP contribution in [0.5, 0.6) is 0 Å². The largest absolute Gasteiger partial charge is 0.377 e. The maximum Gasteiger partial charge on any atom is 0.0603 e. The van der Waals surface area contributed by atoms with Gasteiger partial charge < -0.3 is 10.1 Å². The Kier molecular flexibility index (Phi) is 7.38. The van der Waals surface area contributed by atoms with Crippen LogP contribution in [0.25, 0.3) is 0 Å². The van der Waals surface area contributed by atoms with Crippen LogP contribution in [0.1, 0.15) is 73.1 Å². The maximum atomic E-state index is 6.23. The van der Waals surface area contributed by atoms with E-state index in [1.54, 1.807) is 0 Å². The topological polar surface area (TPSA) is 21.3 Å². The van der Waals surface area contributed by atoms with E-state index in [1.165, 1.54) is 38.5 Å². The average molecular weight is 269 g/mol. The second kappa shape index (κ2) is 8.26. The standard InChI is InChI=1S/C17H35NO/c1-6-17(4,5)13-19-16(15-10-11-15)9-7-8-12-18-14(2)3/h14-16,18H,6-13H2,1-5H3. The Hall–Kier alpha value is -0.0800. The fourth-order valence-electron chi connectivity index (χ4n) is 2.22. The van der Waals surface area contributed by atoms with Crippen LogP contribution < -0.4 is 5.32 Å². The summed E-state index contributed by atoms with van der Waals surface area (Å²) in [6.45, 7) is 13.4. The molecular formula is C17H35NO. The summed E-state index contributed by atoms with van der Waals surface area (Å²) in [7, 11) is 0. The lowest BCUT2D eigenvalue weighted by atomic mass is 9.91. The highest BCUT2D eigenvalue weighted by Gasteiger charge is 2.32.